The van der Waals surface area contributed by atoms with Gasteiger partial charge in [0.25, 0.3) is 0 Å². The maximum atomic E-state index is 3.69. The van der Waals surface area contributed by atoms with Gasteiger partial charge < -0.3 is 10.2 Å². The Labute approximate surface area is 128 Å². The lowest BCUT2D eigenvalue weighted by atomic mass is 10.0. The smallest absolute Gasteiger partial charge is 0.0668 e. The van der Waals surface area contributed by atoms with Gasteiger partial charge in [-0.3, -0.25) is 0 Å². The molecule has 0 aliphatic carbocycles. The molecule has 20 heavy (non-hydrogen) atoms. The molecule has 104 valence electrons. The number of hydrogen-bond acceptors (Lipinski definition) is 2. The third-order valence-corrected chi connectivity index (χ3v) is 4.52. The molecule has 1 saturated heterocycles. The molecule has 0 aromatic heterocycles. The maximum absolute atomic E-state index is 3.69. The Morgan fingerprint density at radius 3 is 2.50 bits per heavy atom. The summed E-state index contributed by atoms with van der Waals surface area (Å²) in [4.78, 5) is 2.50. The van der Waals surface area contributed by atoms with Crippen LogP contribution >= 0.6 is 15.9 Å². The summed E-state index contributed by atoms with van der Waals surface area (Å²) in [5.41, 5.74) is 2.64. The highest BCUT2D eigenvalue weighted by molar-refractivity contribution is 9.10. The first kappa shape index (κ1) is 13.7. The molecule has 3 rings (SSSR count). The minimum atomic E-state index is 0.381. The molecule has 2 aromatic carbocycles. The van der Waals surface area contributed by atoms with Gasteiger partial charge in [0, 0.05) is 23.6 Å². The molecule has 1 aliphatic rings. The molecule has 0 radical (unpaired) electrons. The summed E-state index contributed by atoms with van der Waals surface area (Å²) in [5, 5.41) is 3.59. The van der Waals surface area contributed by atoms with Crippen LogP contribution in [0.5, 0.6) is 0 Å². The number of nitrogens with one attached hydrogen (secondary N) is 1. The Hall–Kier alpha value is -1.32. The summed E-state index contributed by atoms with van der Waals surface area (Å²) >= 11 is 3.69. The first-order valence-corrected chi connectivity index (χ1v) is 7.84. The van der Waals surface area contributed by atoms with Crippen molar-refractivity contribution < 1.29 is 0 Å². The third-order valence-electron chi connectivity index (χ3n) is 3.85. The van der Waals surface area contributed by atoms with E-state index in [9.17, 15) is 0 Å². The van der Waals surface area contributed by atoms with Crippen molar-refractivity contribution in [3.05, 3.63) is 64.6 Å². The van der Waals surface area contributed by atoms with E-state index >= 15 is 0 Å². The van der Waals surface area contributed by atoms with Crippen molar-refractivity contribution in [2.75, 3.05) is 18.0 Å². The molecule has 2 aromatic rings. The van der Waals surface area contributed by atoms with Crippen molar-refractivity contribution in [3.8, 4) is 0 Å². The number of para-hydroxylation sites is 1. The van der Waals surface area contributed by atoms with Gasteiger partial charge in [0.2, 0.25) is 0 Å². The zero-order valence-electron chi connectivity index (χ0n) is 11.6. The second kappa shape index (κ2) is 5.98. The maximum Gasteiger partial charge on any atom is 0.0668 e. The Morgan fingerprint density at radius 2 is 1.75 bits per heavy atom. The molecule has 0 spiro atoms. The van der Waals surface area contributed by atoms with Crippen LogP contribution in [-0.4, -0.2) is 19.1 Å². The molecule has 1 fully saturated rings. The molecule has 0 saturated carbocycles. The Bertz CT molecular complexity index is 570. The van der Waals surface area contributed by atoms with Crippen LogP contribution in [0.15, 0.2) is 59.1 Å². The van der Waals surface area contributed by atoms with Crippen LogP contribution in [0.3, 0.4) is 0 Å². The molecule has 2 nitrogen and oxygen atoms in total. The Balaban J connectivity index is 1.98. The number of rotatable bonds is 2. The fourth-order valence-corrected chi connectivity index (χ4v) is 3.35. The number of piperazine rings is 1. The summed E-state index contributed by atoms with van der Waals surface area (Å²) in [5.74, 6) is 0. The van der Waals surface area contributed by atoms with E-state index in [0.29, 0.717) is 12.1 Å². The quantitative estimate of drug-likeness (QED) is 0.895. The van der Waals surface area contributed by atoms with Crippen LogP contribution in [0, 0.1) is 0 Å². The molecule has 0 amide bonds. The van der Waals surface area contributed by atoms with Crippen molar-refractivity contribution in [1.29, 1.82) is 0 Å². The van der Waals surface area contributed by atoms with Crippen molar-refractivity contribution in [3.63, 3.8) is 0 Å². The number of nitrogens with zero attached hydrogens (tertiary/aromatic N) is 1. The second-order valence-corrected chi connectivity index (χ2v) is 6.19. The van der Waals surface area contributed by atoms with E-state index in [1.54, 1.807) is 0 Å². The van der Waals surface area contributed by atoms with Crippen molar-refractivity contribution in [1.82, 2.24) is 5.32 Å². The van der Waals surface area contributed by atoms with Crippen LogP contribution in [0.4, 0.5) is 5.69 Å². The fraction of sp³-hybridized carbons (Fsp3) is 0.294. The number of halogens is 1. The van der Waals surface area contributed by atoms with E-state index < -0.39 is 0 Å². The highest BCUT2D eigenvalue weighted by Gasteiger charge is 2.28. The molecule has 2 atom stereocenters. The number of hydrogen-bond donors (Lipinski definition) is 1. The van der Waals surface area contributed by atoms with Gasteiger partial charge in [-0.05, 0) is 40.5 Å². The summed E-state index contributed by atoms with van der Waals surface area (Å²) in [6, 6.07) is 20.1. The lowest BCUT2D eigenvalue weighted by Gasteiger charge is -2.41. The van der Waals surface area contributed by atoms with Crippen molar-refractivity contribution in [2.45, 2.75) is 19.0 Å². The van der Waals surface area contributed by atoms with Crippen molar-refractivity contribution >= 4 is 21.6 Å². The van der Waals surface area contributed by atoms with Gasteiger partial charge in [-0.1, -0.05) is 42.5 Å². The minimum Gasteiger partial charge on any atom is -0.361 e. The predicted octanol–water partition coefficient (Wildman–Crippen LogP) is 3.99. The van der Waals surface area contributed by atoms with E-state index in [2.05, 4.69) is 87.7 Å². The van der Waals surface area contributed by atoms with Crippen LogP contribution in [0.25, 0.3) is 0 Å². The first-order valence-electron chi connectivity index (χ1n) is 7.05. The Kier molecular flexibility index (Phi) is 4.08. The summed E-state index contributed by atoms with van der Waals surface area (Å²) in [6.07, 6.45) is 0. The highest BCUT2D eigenvalue weighted by atomic mass is 79.9. The van der Waals surface area contributed by atoms with Crippen LogP contribution in [-0.2, 0) is 0 Å². The average Bonchev–Trinajstić information content (AvgIpc) is 2.48. The molecule has 1 aliphatic heterocycles. The zero-order chi connectivity index (χ0) is 13.9. The van der Waals surface area contributed by atoms with E-state index in [1.807, 2.05) is 0 Å². The number of anilines is 1. The standard InChI is InChI=1S/C17H19BrN2/c1-13-12-20(16-10-6-5-9-15(16)18)17(11-19-13)14-7-3-2-4-8-14/h2-10,13,17,19H,11-12H2,1H3. The van der Waals surface area contributed by atoms with Gasteiger partial charge in [-0.25, -0.2) is 0 Å². The van der Waals surface area contributed by atoms with Crippen molar-refractivity contribution in [2.24, 2.45) is 0 Å². The van der Waals surface area contributed by atoms with Gasteiger partial charge in [-0.2, -0.15) is 0 Å². The van der Waals surface area contributed by atoms with Crippen LogP contribution in [0.1, 0.15) is 18.5 Å². The monoisotopic (exact) mass is 330 g/mol. The molecule has 3 heteroatoms. The number of benzene rings is 2. The van der Waals surface area contributed by atoms with Gasteiger partial charge >= 0.3 is 0 Å². The normalized spacial score (nSPS) is 22.8. The topological polar surface area (TPSA) is 15.3 Å². The third kappa shape index (κ3) is 2.74. The van der Waals surface area contributed by atoms with E-state index in [0.717, 1.165) is 17.6 Å². The molecule has 0 bridgehead atoms. The largest absolute Gasteiger partial charge is 0.361 e. The molecular formula is C17H19BrN2. The van der Waals surface area contributed by atoms with Crippen LogP contribution in [0.2, 0.25) is 0 Å². The molecule has 2 unspecified atom stereocenters. The van der Waals surface area contributed by atoms with E-state index in [4.69, 9.17) is 0 Å². The summed E-state index contributed by atoms with van der Waals surface area (Å²) in [6.45, 7) is 4.24. The first-order chi connectivity index (χ1) is 9.75. The lowest BCUT2D eigenvalue weighted by molar-refractivity contribution is 0.416. The van der Waals surface area contributed by atoms with Gasteiger partial charge in [-0.15, -0.1) is 0 Å². The van der Waals surface area contributed by atoms with Gasteiger partial charge in [0.05, 0.1) is 11.7 Å². The average molecular weight is 331 g/mol. The van der Waals surface area contributed by atoms with Gasteiger partial charge in [0.1, 0.15) is 0 Å². The fourth-order valence-electron chi connectivity index (χ4n) is 2.83. The molecule has 1 heterocycles. The summed E-state index contributed by atoms with van der Waals surface area (Å²) in [7, 11) is 0. The zero-order valence-corrected chi connectivity index (χ0v) is 13.2. The Morgan fingerprint density at radius 1 is 1.05 bits per heavy atom. The lowest BCUT2D eigenvalue weighted by Crippen LogP contribution is -2.51. The molecule has 1 N–H and O–H groups in total. The van der Waals surface area contributed by atoms with E-state index in [-0.39, 0.29) is 0 Å². The predicted molar refractivity (Wildman–Crippen MR) is 88.1 cm³/mol. The summed E-state index contributed by atoms with van der Waals surface area (Å²) < 4.78 is 1.16. The van der Waals surface area contributed by atoms with Crippen LogP contribution < -0.4 is 10.2 Å². The molecular weight excluding hydrogens is 312 g/mol. The van der Waals surface area contributed by atoms with E-state index in [1.165, 1.54) is 11.3 Å². The van der Waals surface area contributed by atoms with Gasteiger partial charge in [0.15, 0.2) is 0 Å². The minimum absolute atomic E-state index is 0.381. The second-order valence-electron chi connectivity index (χ2n) is 5.34. The highest BCUT2D eigenvalue weighted by Crippen LogP contribution is 2.34. The SMILES string of the molecule is CC1CN(c2ccccc2Br)C(c2ccccc2)CN1.